The summed E-state index contributed by atoms with van der Waals surface area (Å²) in [5, 5.41) is 2.67. The Morgan fingerprint density at radius 2 is 2.04 bits per heavy atom. The molecule has 7 heteroatoms. The molecular weight excluding hydrogens is 302 g/mol. The first-order valence-electron chi connectivity index (χ1n) is 7.00. The zero-order valence-corrected chi connectivity index (χ0v) is 12.5. The van der Waals surface area contributed by atoms with Gasteiger partial charge in [-0.05, 0) is 30.7 Å². The van der Waals surface area contributed by atoms with Crippen LogP contribution < -0.4 is 14.8 Å². The lowest BCUT2D eigenvalue weighted by molar-refractivity contribution is -0.124. The van der Waals surface area contributed by atoms with Crippen molar-refractivity contribution in [2.24, 2.45) is 0 Å². The Morgan fingerprint density at radius 3 is 2.83 bits per heavy atom. The average Bonchev–Trinajstić information content (AvgIpc) is 3.18. The van der Waals surface area contributed by atoms with Crippen molar-refractivity contribution >= 4 is 11.9 Å². The summed E-state index contributed by atoms with van der Waals surface area (Å²) >= 11 is 0. The van der Waals surface area contributed by atoms with Crippen LogP contribution in [0.3, 0.4) is 0 Å². The Hall–Kier alpha value is -2.96. The molecule has 0 saturated heterocycles. The molecule has 0 saturated carbocycles. The van der Waals surface area contributed by atoms with E-state index in [4.69, 9.17) is 18.6 Å². The van der Waals surface area contributed by atoms with Gasteiger partial charge in [-0.25, -0.2) is 4.79 Å². The van der Waals surface area contributed by atoms with Crippen LogP contribution in [0.5, 0.6) is 11.5 Å². The molecule has 3 rings (SSSR count). The molecule has 23 heavy (non-hydrogen) atoms. The van der Waals surface area contributed by atoms with Crippen LogP contribution in [-0.4, -0.2) is 25.3 Å². The summed E-state index contributed by atoms with van der Waals surface area (Å²) < 4.78 is 20.4. The molecule has 1 aromatic carbocycles. The number of carbonyl (C=O) groups excluding carboxylic acids is 2. The lowest BCUT2D eigenvalue weighted by Crippen LogP contribution is -2.28. The van der Waals surface area contributed by atoms with E-state index in [1.165, 1.54) is 12.3 Å². The number of hydrogen-bond acceptors (Lipinski definition) is 6. The zero-order valence-electron chi connectivity index (χ0n) is 12.5. The number of rotatable bonds is 5. The molecule has 0 radical (unpaired) electrons. The number of furan rings is 1. The highest BCUT2D eigenvalue weighted by molar-refractivity contribution is 5.92. The highest BCUT2D eigenvalue weighted by atomic mass is 16.7. The zero-order chi connectivity index (χ0) is 16.2. The van der Waals surface area contributed by atoms with Crippen molar-refractivity contribution < 1.29 is 28.2 Å². The van der Waals surface area contributed by atoms with Gasteiger partial charge < -0.3 is 23.9 Å². The molecule has 120 valence electrons. The minimum Gasteiger partial charge on any atom is -0.469 e. The van der Waals surface area contributed by atoms with Crippen LogP contribution >= 0.6 is 0 Å². The molecule has 0 bridgehead atoms. The van der Waals surface area contributed by atoms with Crippen molar-refractivity contribution in [2.45, 2.75) is 13.5 Å². The topological polar surface area (TPSA) is 87.0 Å². The largest absolute Gasteiger partial charge is 0.469 e. The predicted octanol–water partition coefficient (Wildman–Crippen LogP) is 1.79. The number of aryl methyl sites for hydroxylation is 1. The predicted molar refractivity (Wildman–Crippen MR) is 78.1 cm³/mol. The summed E-state index contributed by atoms with van der Waals surface area (Å²) in [7, 11) is 0. The van der Waals surface area contributed by atoms with Crippen LogP contribution in [0, 0.1) is 6.92 Å². The highest BCUT2D eigenvalue weighted by Crippen LogP contribution is 2.32. The third kappa shape index (κ3) is 3.45. The van der Waals surface area contributed by atoms with Gasteiger partial charge in [0.05, 0.1) is 6.26 Å². The molecule has 0 unspecified atom stereocenters. The van der Waals surface area contributed by atoms with Crippen molar-refractivity contribution in [3.8, 4) is 11.5 Å². The number of nitrogens with one attached hydrogen (secondary N) is 1. The Bertz CT molecular complexity index is 736. The summed E-state index contributed by atoms with van der Waals surface area (Å²) in [6.07, 6.45) is 1.39. The normalized spacial score (nSPS) is 12.0. The van der Waals surface area contributed by atoms with E-state index in [0.717, 1.165) is 5.56 Å². The minimum atomic E-state index is -0.588. The standard InChI is InChI=1S/C16H15NO6/c1-10-12(4-5-20-10)16(19)21-8-15(18)17-7-11-2-3-13-14(6-11)23-9-22-13/h2-6H,7-9H2,1H3,(H,17,18). The van der Waals surface area contributed by atoms with Crippen LogP contribution in [0.15, 0.2) is 34.9 Å². The van der Waals surface area contributed by atoms with Crippen LogP contribution in [0.4, 0.5) is 0 Å². The quantitative estimate of drug-likeness (QED) is 0.846. The number of carbonyl (C=O) groups is 2. The smallest absolute Gasteiger partial charge is 0.342 e. The van der Waals surface area contributed by atoms with E-state index < -0.39 is 11.9 Å². The fraction of sp³-hybridized carbons (Fsp3) is 0.250. The van der Waals surface area contributed by atoms with Crippen molar-refractivity contribution in [1.82, 2.24) is 5.32 Å². The number of fused-ring (bicyclic) bond motifs is 1. The molecule has 0 aliphatic carbocycles. The molecule has 0 atom stereocenters. The van der Waals surface area contributed by atoms with Gasteiger partial charge in [0.1, 0.15) is 11.3 Å². The van der Waals surface area contributed by atoms with E-state index in [1.807, 2.05) is 6.07 Å². The first kappa shape index (κ1) is 15.0. The molecule has 1 N–H and O–H groups in total. The van der Waals surface area contributed by atoms with Crippen LogP contribution in [0.25, 0.3) is 0 Å². The average molecular weight is 317 g/mol. The number of amides is 1. The summed E-state index contributed by atoms with van der Waals surface area (Å²) in [5.74, 6) is 0.811. The van der Waals surface area contributed by atoms with Gasteiger partial charge in [-0.2, -0.15) is 0 Å². The molecule has 1 aliphatic rings. The van der Waals surface area contributed by atoms with Crippen molar-refractivity contribution in [3.63, 3.8) is 0 Å². The van der Waals surface area contributed by atoms with Crippen LogP contribution in [-0.2, 0) is 16.1 Å². The molecule has 2 aromatic rings. The second-order valence-electron chi connectivity index (χ2n) is 4.93. The monoisotopic (exact) mass is 317 g/mol. The lowest BCUT2D eigenvalue weighted by atomic mass is 10.2. The van der Waals surface area contributed by atoms with Gasteiger partial charge in [0.2, 0.25) is 6.79 Å². The Morgan fingerprint density at radius 1 is 1.22 bits per heavy atom. The summed E-state index contributed by atoms with van der Waals surface area (Å²) in [4.78, 5) is 23.5. The minimum absolute atomic E-state index is 0.203. The molecule has 7 nitrogen and oxygen atoms in total. The Kier molecular flexibility index (Phi) is 4.18. The molecule has 1 aliphatic heterocycles. The molecular formula is C16H15NO6. The first-order chi connectivity index (χ1) is 11.1. The van der Waals surface area contributed by atoms with E-state index in [9.17, 15) is 9.59 Å². The van der Waals surface area contributed by atoms with Gasteiger partial charge in [-0.3, -0.25) is 4.79 Å². The number of esters is 1. The summed E-state index contributed by atoms with van der Waals surface area (Å²) in [6.45, 7) is 1.80. The Labute approximate surface area is 132 Å². The second kappa shape index (κ2) is 6.43. The molecule has 0 spiro atoms. The maximum Gasteiger partial charge on any atom is 0.342 e. The first-order valence-corrected chi connectivity index (χ1v) is 7.00. The molecule has 2 heterocycles. The van der Waals surface area contributed by atoms with Crippen LogP contribution in [0.2, 0.25) is 0 Å². The second-order valence-corrected chi connectivity index (χ2v) is 4.93. The van der Waals surface area contributed by atoms with Gasteiger partial charge in [0, 0.05) is 6.54 Å². The maximum absolute atomic E-state index is 11.7. The van der Waals surface area contributed by atoms with Gasteiger partial charge in [-0.15, -0.1) is 0 Å². The molecule has 0 fully saturated rings. The fourth-order valence-electron chi connectivity index (χ4n) is 2.11. The van der Waals surface area contributed by atoms with Crippen LogP contribution in [0.1, 0.15) is 21.7 Å². The molecule has 1 aromatic heterocycles. The van der Waals surface area contributed by atoms with Crippen molar-refractivity contribution in [1.29, 1.82) is 0 Å². The highest BCUT2D eigenvalue weighted by Gasteiger charge is 2.15. The van der Waals surface area contributed by atoms with Gasteiger partial charge in [0.15, 0.2) is 18.1 Å². The maximum atomic E-state index is 11.7. The van der Waals surface area contributed by atoms with E-state index in [0.29, 0.717) is 29.4 Å². The van der Waals surface area contributed by atoms with Crippen molar-refractivity contribution in [3.05, 3.63) is 47.4 Å². The third-order valence-electron chi connectivity index (χ3n) is 3.34. The number of hydrogen-bond donors (Lipinski definition) is 1. The molecule has 1 amide bonds. The number of benzene rings is 1. The summed E-state index contributed by atoms with van der Waals surface area (Å²) in [5.41, 5.74) is 1.17. The Balaban J connectivity index is 1.46. The van der Waals surface area contributed by atoms with E-state index in [-0.39, 0.29) is 13.4 Å². The van der Waals surface area contributed by atoms with Gasteiger partial charge >= 0.3 is 5.97 Å². The van der Waals surface area contributed by atoms with E-state index in [1.54, 1.807) is 19.1 Å². The third-order valence-corrected chi connectivity index (χ3v) is 3.34. The number of ether oxygens (including phenoxy) is 3. The van der Waals surface area contributed by atoms with Crippen molar-refractivity contribution in [2.75, 3.05) is 13.4 Å². The van der Waals surface area contributed by atoms with Gasteiger partial charge in [-0.1, -0.05) is 6.07 Å². The van der Waals surface area contributed by atoms with E-state index >= 15 is 0 Å². The lowest BCUT2D eigenvalue weighted by Gasteiger charge is -2.07. The van der Waals surface area contributed by atoms with E-state index in [2.05, 4.69) is 5.32 Å². The fourth-order valence-corrected chi connectivity index (χ4v) is 2.11. The van der Waals surface area contributed by atoms with Gasteiger partial charge in [0.25, 0.3) is 5.91 Å². The SMILES string of the molecule is Cc1occc1C(=O)OCC(=O)NCc1ccc2c(c1)OCO2. The summed E-state index contributed by atoms with van der Waals surface area (Å²) in [6, 6.07) is 6.91.